The van der Waals surface area contributed by atoms with Gasteiger partial charge in [-0.3, -0.25) is 9.59 Å². The summed E-state index contributed by atoms with van der Waals surface area (Å²) in [5.41, 5.74) is 2.61. The van der Waals surface area contributed by atoms with E-state index in [-0.39, 0.29) is 6.61 Å². The number of primary amides is 1. The Kier molecular flexibility index (Phi) is 4.84. The van der Waals surface area contributed by atoms with Gasteiger partial charge in [0.1, 0.15) is 12.2 Å². The first-order valence-corrected chi connectivity index (χ1v) is 8.56. The lowest BCUT2D eigenvalue weighted by Crippen LogP contribution is -2.53. The lowest BCUT2D eigenvalue weighted by Gasteiger charge is -2.34. The summed E-state index contributed by atoms with van der Waals surface area (Å²) >= 11 is 0. The van der Waals surface area contributed by atoms with E-state index in [0.29, 0.717) is 6.08 Å². The van der Waals surface area contributed by atoms with Crippen LogP contribution in [0.15, 0.2) is 11.8 Å². The molecular formula is C17H24FNO8. The zero-order chi connectivity index (χ0) is 20.2. The van der Waals surface area contributed by atoms with Crippen molar-refractivity contribution < 1.29 is 42.4 Å². The molecule has 0 aromatic heterocycles. The van der Waals surface area contributed by atoms with Crippen molar-refractivity contribution in [2.45, 2.75) is 76.5 Å². The van der Waals surface area contributed by atoms with Crippen LogP contribution in [0.3, 0.4) is 0 Å². The maximum Gasteiger partial charge on any atom is 0.307 e. The van der Waals surface area contributed by atoms with E-state index in [0.717, 1.165) is 6.92 Å². The molecule has 10 heteroatoms. The first-order chi connectivity index (χ1) is 12.3. The van der Waals surface area contributed by atoms with Crippen LogP contribution >= 0.6 is 0 Å². The highest BCUT2D eigenvalue weighted by Gasteiger charge is 2.70. The first-order valence-electron chi connectivity index (χ1n) is 8.56. The van der Waals surface area contributed by atoms with E-state index in [2.05, 4.69) is 0 Å². The molecule has 3 saturated heterocycles. The molecule has 152 valence electrons. The fourth-order valence-corrected chi connectivity index (χ4v) is 3.52. The van der Waals surface area contributed by atoms with Crippen molar-refractivity contribution in [2.24, 2.45) is 5.73 Å². The number of ether oxygens (including phenoxy) is 6. The van der Waals surface area contributed by atoms with Crippen LogP contribution in [0.25, 0.3) is 0 Å². The molecule has 3 rings (SSSR count). The minimum atomic E-state index is -2.58. The molecular weight excluding hydrogens is 365 g/mol. The third-order valence-electron chi connectivity index (χ3n) is 4.44. The zero-order valence-electron chi connectivity index (χ0n) is 15.8. The van der Waals surface area contributed by atoms with Crippen LogP contribution in [-0.4, -0.2) is 60.3 Å². The Morgan fingerprint density at radius 1 is 1.11 bits per heavy atom. The lowest BCUT2D eigenvalue weighted by molar-refractivity contribution is -0.237. The number of esters is 1. The summed E-state index contributed by atoms with van der Waals surface area (Å²) in [6.07, 6.45) is -3.90. The number of nitrogens with two attached hydrogens (primary N) is 1. The van der Waals surface area contributed by atoms with Gasteiger partial charge in [0.25, 0.3) is 0 Å². The average molecular weight is 389 g/mol. The van der Waals surface area contributed by atoms with Crippen molar-refractivity contribution in [3.8, 4) is 0 Å². The molecule has 0 radical (unpaired) electrons. The molecule has 5 atom stereocenters. The topological polar surface area (TPSA) is 116 Å². The monoisotopic (exact) mass is 389 g/mol. The molecule has 1 amide bonds. The van der Waals surface area contributed by atoms with E-state index < -0.39 is 59.5 Å². The summed E-state index contributed by atoms with van der Waals surface area (Å²) in [5, 5.41) is 0. The molecule has 0 aliphatic carbocycles. The van der Waals surface area contributed by atoms with E-state index in [9.17, 15) is 9.59 Å². The quantitative estimate of drug-likeness (QED) is 0.423. The summed E-state index contributed by atoms with van der Waals surface area (Å²) in [4.78, 5) is 23.0. The van der Waals surface area contributed by atoms with Crippen molar-refractivity contribution >= 4 is 11.9 Å². The largest absolute Gasteiger partial charge is 0.427 e. The molecule has 3 aliphatic rings. The second kappa shape index (κ2) is 6.49. The molecule has 3 aliphatic heterocycles. The standard InChI is InChI=1S/C17H24FNO8/c1-8(20)23-10(6-11(19)21)17(18)12(9-7-22-15(2,3)25-9)24-14-13(17)26-16(4,5)27-14/h6,9,12-14H,7H2,1-5H3,(H2,19,21)/b10-6+/t9-,12+,13-,14+,17-/m0/s1. The maximum absolute atomic E-state index is 16.5. The molecule has 0 aromatic rings. The summed E-state index contributed by atoms with van der Waals surface area (Å²) in [7, 11) is 0. The molecule has 27 heavy (non-hydrogen) atoms. The van der Waals surface area contributed by atoms with Crippen LogP contribution in [0, 0.1) is 0 Å². The van der Waals surface area contributed by atoms with Crippen molar-refractivity contribution in [3.05, 3.63) is 11.8 Å². The van der Waals surface area contributed by atoms with Gasteiger partial charge in [-0.25, -0.2) is 4.39 Å². The van der Waals surface area contributed by atoms with Gasteiger partial charge in [0.05, 0.1) is 6.61 Å². The molecule has 0 spiro atoms. The van der Waals surface area contributed by atoms with Crippen LogP contribution in [-0.2, 0) is 38.0 Å². The van der Waals surface area contributed by atoms with Crippen molar-refractivity contribution in [3.63, 3.8) is 0 Å². The van der Waals surface area contributed by atoms with Gasteiger partial charge >= 0.3 is 5.97 Å². The summed E-state index contributed by atoms with van der Waals surface area (Å²) in [6.45, 7) is 7.62. The number of amides is 1. The van der Waals surface area contributed by atoms with E-state index in [1.807, 2.05) is 0 Å². The molecule has 3 fully saturated rings. The van der Waals surface area contributed by atoms with Crippen molar-refractivity contribution in [2.75, 3.05) is 6.61 Å². The van der Waals surface area contributed by atoms with Crippen LogP contribution in [0.1, 0.15) is 34.6 Å². The molecule has 0 aromatic carbocycles. The SMILES string of the molecule is CC(=O)O/C(=C/C(N)=O)[C@]1(F)[C@@H]([C@@H]2COC(C)(C)O2)O[C@@H]2OC(C)(C)O[C@@H]21. The van der Waals surface area contributed by atoms with Gasteiger partial charge in [0, 0.05) is 13.0 Å². The van der Waals surface area contributed by atoms with E-state index >= 15 is 4.39 Å². The average Bonchev–Trinajstić information content (AvgIpc) is 3.08. The Hall–Kier alpha value is -1.59. The van der Waals surface area contributed by atoms with Crippen LogP contribution in [0.4, 0.5) is 4.39 Å². The normalized spacial score (nSPS) is 40.0. The van der Waals surface area contributed by atoms with Crippen LogP contribution < -0.4 is 5.73 Å². The molecule has 3 heterocycles. The Bertz CT molecular complexity index is 678. The summed E-state index contributed by atoms with van der Waals surface area (Å²) in [5.74, 6) is -4.54. The van der Waals surface area contributed by atoms with E-state index in [4.69, 9.17) is 34.2 Å². The van der Waals surface area contributed by atoms with Gasteiger partial charge in [-0.05, 0) is 27.7 Å². The third kappa shape index (κ3) is 3.72. The number of carbonyl (C=O) groups is 2. The predicted octanol–water partition coefficient (Wildman–Crippen LogP) is 0.655. The van der Waals surface area contributed by atoms with Gasteiger partial charge in [-0.15, -0.1) is 0 Å². The Morgan fingerprint density at radius 2 is 1.78 bits per heavy atom. The van der Waals surface area contributed by atoms with E-state index in [1.54, 1.807) is 27.7 Å². The smallest absolute Gasteiger partial charge is 0.307 e. The number of hydrogen-bond donors (Lipinski definition) is 1. The minimum absolute atomic E-state index is 0.0239. The van der Waals surface area contributed by atoms with Crippen LogP contribution in [0.2, 0.25) is 0 Å². The summed E-state index contributed by atoms with van der Waals surface area (Å²) in [6, 6.07) is 0. The van der Waals surface area contributed by atoms with Gasteiger partial charge in [0.15, 0.2) is 29.7 Å². The molecule has 9 nitrogen and oxygen atoms in total. The van der Waals surface area contributed by atoms with Gasteiger partial charge in [0.2, 0.25) is 11.6 Å². The second-order valence-electron chi connectivity index (χ2n) is 7.62. The Balaban J connectivity index is 2.03. The Morgan fingerprint density at radius 3 is 2.30 bits per heavy atom. The second-order valence-corrected chi connectivity index (χ2v) is 7.62. The Labute approximate surface area is 155 Å². The third-order valence-corrected chi connectivity index (χ3v) is 4.44. The molecule has 0 saturated carbocycles. The highest BCUT2D eigenvalue weighted by molar-refractivity contribution is 5.87. The number of rotatable bonds is 4. The number of fused-ring (bicyclic) bond motifs is 1. The molecule has 0 unspecified atom stereocenters. The highest BCUT2D eigenvalue weighted by atomic mass is 19.1. The lowest BCUT2D eigenvalue weighted by atomic mass is 9.88. The minimum Gasteiger partial charge on any atom is -0.427 e. The predicted molar refractivity (Wildman–Crippen MR) is 86.5 cm³/mol. The van der Waals surface area contributed by atoms with E-state index in [1.165, 1.54) is 0 Å². The highest BCUT2D eigenvalue weighted by Crippen LogP contribution is 2.51. The van der Waals surface area contributed by atoms with Crippen LogP contribution in [0.5, 0.6) is 0 Å². The fourth-order valence-electron chi connectivity index (χ4n) is 3.52. The van der Waals surface area contributed by atoms with Crippen molar-refractivity contribution in [1.29, 1.82) is 0 Å². The first kappa shape index (κ1) is 20.2. The maximum atomic E-state index is 16.5. The number of carbonyl (C=O) groups excluding carboxylic acids is 2. The number of hydrogen-bond acceptors (Lipinski definition) is 8. The molecule has 0 bridgehead atoms. The van der Waals surface area contributed by atoms with Gasteiger partial charge in [-0.1, -0.05) is 0 Å². The van der Waals surface area contributed by atoms with Crippen molar-refractivity contribution in [1.82, 2.24) is 0 Å². The van der Waals surface area contributed by atoms with Gasteiger partial charge in [-0.2, -0.15) is 0 Å². The number of halogens is 1. The van der Waals surface area contributed by atoms with Gasteiger partial charge < -0.3 is 34.2 Å². The zero-order valence-corrected chi connectivity index (χ0v) is 15.8. The summed E-state index contributed by atoms with van der Waals surface area (Å²) < 4.78 is 49.8. The number of alkyl halides is 1. The fraction of sp³-hybridized carbons (Fsp3) is 0.765. The molecule has 2 N–H and O–H groups in total.